The standard InChI is InChI=1S/C12H20N2O2S/c1-5-16-6-11(15)7-17-12-13-9(3)8(2)10(4)14-12/h11,15H,5-7H2,1-4H3. The Morgan fingerprint density at radius 2 is 1.82 bits per heavy atom. The second kappa shape index (κ2) is 6.93. The monoisotopic (exact) mass is 256 g/mol. The Labute approximate surface area is 107 Å². The van der Waals surface area contributed by atoms with Gasteiger partial charge in [0.25, 0.3) is 0 Å². The van der Waals surface area contributed by atoms with Gasteiger partial charge in [0, 0.05) is 23.7 Å². The second-order valence-electron chi connectivity index (χ2n) is 3.93. The van der Waals surface area contributed by atoms with Crippen molar-refractivity contribution in [2.75, 3.05) is 19.0 Å². The number of nitrogens with zero attached hydrogens (tertiary/aromatic N) is 2. The minimum atomic E-state index is -0.467. The molecule has 1 aromatic rings. The van der Waals surface area contributed by atoms with Crippen LogP contribution >= 0.6 is 11.8 Å². The maximum Gasteiger partial charge on any atom is 0.188 e. The molecule has 96 valence electrons. The van der Waals surface area contributed by atoms with Crippen LogP contribution < -0.4 is 0 Å². The fourth-order valence-corrected chi connectivity index (χ4v) is 2.12. The van der Waals surface area contributed by atoms with Gasteiger partial charge in [-0.3, -0.25) is 0 Å². The number of ether oxygens (including phenoxy) is 1. The number of rotatable bonds is 6. The summed E-state index contributed by atoms with van der Waals surface area (Å²) in [6.45, 7) is 8.88. The SMILES string of the molecule is CCOCC(O)CSc1nc(C)c(C)c(C)n1. The normalized spacial score (nSPS) is 12.8. The molecule has 0 amide bonds. The first kappa shape index (κ1) is 14.4. The fourth-order valence-electron chi connectivity index (χ4n) is 1.28. The van der Waals surface area contributed by atoms with Crippen molar-refractivity contribution in [3.8, 4) is 0 Å². The highest BCUT2D eigenvalue weighted by atomic mass is 32.2. The molecular weight excluding hydrogens is 236 g/mol. The van der Waals surface area contributed by atoms with Crippen LogP contribution in [0, 0.1) is 20.8 Å². The van der Waals surface area contributed by atoms with E-state index in [-0.39, 0.29) is 0 Å². The molecule has 4 nitrogen and oxygen atoms in total. The molecule has 1 N–H and O–H groups in total. The molecule has 1 atom stereocenters. The molecule has 0 radical (unpaired) electrons. The Hall–Kier alpha value is -0.650. The fraction of sp³-hybridized carbons (Fsp3) is 0.667. The molecule has 0 aliphatic carbocycles. The highest BCUT2D eigenvalue weighted by Crippen LogP contribution is 2.17. The van der Waals surface area contributed by atoms with Crippen molar-refractivity contribution in [3.05, 3.63) is 17.0 Å². The molecule has 1 unspecified atom stereocenters. The molecule has 0 aromatic carbocycles. The Bertz CT molecular complexity index is 349. The van der Waals surface area contributed by atoms with Crippen LogP contribution in [0.1, 0.15) is 23.9 Å². The number of thioether (sulfide) groups is 1. The van der Waals surface area contributed by atoms with Crippen LogP contribution in [0.5, 0.6) is 0 Å². The van der Waals surface area contributed by atoms with E-state index in [1.54, 1.807) is 0 Å². The maximum atomic E-state index is 9.63. The minimum Gasteiger partial charge on any atom is -0.390 e. The van der Waals surface area contributed by atoms with E-state index in [0.29, 0.717) is 19.0 Å². The first-order valence-corrected chi connectivity index (χ1v) is 6.73. The summed E-state index contributed by atoms with van der Waals surface area (Å²) in [5.74, 6) is 0.557. The maximum absolute atomic E-state index is 9.63. The predicted molar refractivity (Wildman–Crippen MR) is 69.5 cm³/mol. The lowest BCUT2D eigenvalue weighted by atomic mass is 10.2. The Morgan fingerprint density at radius 3 is 2.35 bits per heavy atom. The van der Waals surface area contributed by atoms with Crippen molar-refractivity contribution >= 4 is 11.8 Å². The van der Waals surface area contributed by atoms with E-state index in [4.69, 9.17) is 4.74 Å². The van der Waals surface area contributed by atoms with Gasteiger partial charge in [-0.05, 0) is 33.3 Å². The average Bonchev–Trinajstić information content (AvgIpc) is 2.30. The quantitative estimate of drug-likeness (QED) is 0.622. The van der Waals surface area contributed by atoms with Gasteiger partial charge in [-0.2, -0.15) is 0 Å². The molecule has 0 fully saturated rings. The summed E-state index contributed by atoms with van der Waals surface area (Å²) in [7, 11) is 0. The summed E-state index contributed by atoms with van der Waals surface area (Å²) in [6, 6.07) is 0. The summed E-state index contributed by atoms with van der Waals surface area (Å²) in [6.07, 6.45) is -0.467. The van der Waals surface area contributed by atoms with E-state index in [1.165, 1.54) is 11.8 Å². The summed E-state index contributed by atoms with van der Waals surface area (Å²) >= 11 is 1.46. The number of hydrogen-bond donors (Lipinski definition) is 1. The Kier molecular flexibility index (Phi) is 5.88. The zero-order valence-corrected chi connectivity index (χ0v) is 11.7. The van der Waals surface area contributed by atoms with Gasteiger partial charge >= 0.3 is 0 Å². The zero-order valence-electron chi connectivity index (χ0n) is 10.9. The molecule has 1 heterocycles. The lowest BCUT2D eigenvalue weighted by Gasteiger charge is -2.10. The molecule has 0 saturated heterocycles. The predicted octanol–water partition coefficient (Wildman–Crippen LogP) is 1.89. The smallest absolute Gasteiger partial charge is 0.188 e. The van der Waals surface area contributed by atoms with Gasteiger partial charge in [-0.15, -0.1) is 0 Å². The third-order valence-electron chi connectivity index (χ3n) is 2.53. The first-order valence-electron chi connectivity index (χ1n) is 5.75. The zero-order chi connectivity index (χ0) is 12.8. The molecule has 1 rings (SSSR count). The van der Waals surface area contributed by atoms with Gasteiger partial charge in [-0.1, -0.05) is 11.8 Å². The van der Waals surface area contributed by atoms with E-state index in [9.17, 15) is 5.11 Å². The van der Waals surface area contributed by atoms with Crippen LogP contribution in [0.4, 0.5) is 0 Å². The number of aromatic nitrogens is 2. The second-order valence-corrected chi connectivity index (χ2v) is 4.91. The summed E-state index contributed by atoms with van der Waals surface area (Å²) in [5, 5.41) is 10.4. The highest BCUT2D eigenvalue weighted by molar-refractivity contribution is 7.99. The molecule has 17 heavy (non-hydrogen) atoms. The molecule has 0 saturated carbocycles. The molecule has 5 heteroatoms. The van der Waals surface area contributed by atoms with Crippen molar-refractivity contribution < 1.29 is 9.84 Å². The number of aliphatic hydroxyl groups is 1. The van der Waals surface area contributed by atoms with Gasteiger partial charge in [0.05, 0.1) is 12.7 Å². The van der Waals surface area contributed by atoms with Gasteiger partial charge in [0.2, 0.25) is 0 Å². The Morgan fingerprint density at radius 1 is 1.24 bits per heavy atom. The largest absolute Gasteiger partial charge is 0.390 e. The van der Waals surface area contributed by atoms with E-state index >= 15 is 0 Å². The topological polar surface area (TPSA) is 55.2 Å². The lowest BCUT2D eigenvalue weighted by molar-refractivity contribution is 0.0551. The van der Waals surface area contributed by atoms with Crippen LogP contribution in [0.15, 0.2) is 5.16 Å². The molecular formula is C12H20N2O2S. The van der Waals surface area contributed by atoms with E-state index < -0.39 is 6.10 Å². The van der Waals surface area contributed by atoms with E-state index in [1.807, 2.05) is 27.7 Å². The van der Waals surface area contributed by atoms with Crippen LogP contribution in [-0.2, 0) is 4.74 Å². The summed E-state index contributed by atoms with van der Waals surface area (Å²) in [4.78, 5) is 8.77. The lowest BCUT2D eigenvalue weighted by Crippen LogP contribution is -2.18. The molecule has 0 aliphatic rings. The van der Waals surface area contributed by atoms with Crippen molar-refractivity contribution in [1.82, 2.24) is 9.97 Å². The van der Waals surface area contributed by atoms with Crippen LogP contribution in [0.25, 0.3) is 0 Å². The number of aryl methyl sites for hydroxylation is 2. The molecule has 0 spiro atoms. The van der Waals surface area contributed by atoms with E-state index in [0.717, 1.165) is 22.1 Å². The summed E-state index contributed by atoms with van der Waals surface area (Å²) < 4.78 is 5.15. The number of hydrogen-bond acceptors (Lipinski definition) is 5. The van der Waals surface area contributed by atoms with E-state index in [2.05, 4.69) is 9.97 Å². The third-order valence-corrected chi connectivity index (χ3v) is 3.52. The van der Waals surface area contributed by atoms with Gasteiger partial charge in [0.15, 0.2) is 5.16 Å². The molecule has 0 bridgehead atoms. The van der Waals surface area contributed by atoms with Crippen molar-refractivity contribution in [3.63, 3.8) is 0 Å². The van der Waals surface area contributed by atoms with Gasteiger partial charge < -0.3 is 9.84 Å². The third kappa shape index (κ3) is 4.61. The van der Waals surface area contributed by atoms with Crippen molar-refractivity contribution in [2.45, 2.75) is 39.0 Å². The molecule has 0 aliphatic heterocycles. The number of aliphatic hydroxyl groups excluding tert-OH is 1. The van der Waals surface area contributed by atoms with Crippen molar-refractivity contribution in [2.24, 2.45) is 0 Å². The van der Waals surface area contributed by atoms with Crippen molar-refractivity contribution in [1.29, 1.82) is 0 Å². The van der Waals surface area contributed by atoms with Gasteiger partial charge in [0.1, 0.15) is 0 Å². The van der Waals surface area contributed by atoms with Crippen LogP contribution in [-0.4, -0.2) is 40.1 Å². The summed E-state index contributed by atoms with van der Waals surface area (Å²) in [5.41, 5.74) is 3.13. The minimum absolute atomic E-state index is 0.368. The van der Waals surface area contributed by atoms with Crippen LogP contribution in [0.3, 0.4) is 0 Å². The first-order chi connectivity index (χ1) is 8.04. The average molecular weight is 256 g/mol. The highest BCUT2D eigenvalue weighted by Gasteiger charge is 2.09. The molecule has 1 aromatic heterocycles. The van der Waals surface area contributed by atoms with Gasteiger partial charge in [-0.25, -0.2) is 9.97 Å². The van der Waals surface area contributed by atoms with Crippen LogP contribution in [0.2, 0.25) is 0 Å². The Balaban J connectivity index is 2.52.